The molecule has 0 saturated heterocycles. The molecule has 0 bridgehead atoms. The Bertz CT molecular complexity index is 580. The highest BCUT2D eigenvalue weighted by Crippen LogP contribution is 2.18. The van der Waals surface area contributed by atoms with Crippen molar-refractivity contribution in [2.24, 2.45) is 0 Å². The number of carbonyl (C=O) groups is 1. The molecule has 2 aromatic rings. The lowest BCUT2D eigenvalue weighted by Gasteiger charge is -2.04. The third-order valence-corrected chi connectivity index (χ3v) is 2.63. The van der Waals surface area contributed by atoms with Gasteiger partial charge in [-0.15, -0.1) is 5.10 Å². The molecule has 0 spiro atoms. The number of halogens is 1. The van der Waals surface area contributed by atoms with Crippen molar-refractivity contribution < 1.29 is 9.53 Å². The van der Waals surface area contributed by atoms with Crippen molar-refractivity contribution in [3.05, 3.63) is 40.7 Å². The summed E-state index contributed by atoms with van der Waals surface area (Å²) in [5.74, 6) is -0.483. The molecule has 0 N–H and O–H groups in total. The summed E-state index contributed by atoms with van der Waals surface area (Å²) in [5, 5.41) is 8.28. The maximum absolute atomic E-state index is 11.5. The van der Waals surface area contributed by atoms with E-state index in [1.165, 1.54) is 10.9 Å². The van der Waals surface area contributed by atoms with Gasteiger partial charge >= 0.3 is 5.97 Å². The Morgan fingerprint density at radius 3 is 3.00 bits per heavy atom. The van der Waals surface area contributed by atoms with Gasteiger partial charge in [0.1, 0.15) is 0 Å². The first kappa shape index (κ1) is 12.6. The van der Waals surface area contributed by atoms with Crippen LogP contribution in [0.1, 0.15) is 23.0 Å². The van der Waals surface area contributed by atoms with Crippen LogP contribution in [0.2, 0.25) is 5.02 Å². The van der Waals surface area contributed by atoms with Crippen molar-refractivity contribution in [1.82, 2.24) is 15.0 Å². The molecule has 1 heterocycles. The number of rotatable bonds is 3. The van der Waals surface area contributed by atoms with Gasteiger partial charge in [0, 0.05) is 5.02 Å². The monoisotopic (exact) mass is 265 g/mol. The summed E-state index contributed by atoms with van der Waals surface area (Å²) < 4.78 is 6.36. The third-order valence-electron chi connectivity index (χ3n) is 2.40. The molecule has 1 aromatic heterocycles. The fourth-order valence-electron chi connectivity index (χ4n) is 1.51. The highest BCUT2D eigenvalue weighted by Gasteiger charge is 2.13. The average Bonchev–Trinajstić information content (AvgIpc) is 2.82. The van der Waals surface area contributed by atoms with E-state index in [9.17, 15) is 4.79 Å². The molecule has 0 atom stereocenters. The van der Waals surface area contributed by atoms with E-state index in [1.54, 1.807) is 19.1 Å². The Morgan fingerprint density at radius 2 is 2.28 bits per heavy atom. The average molecular weight is 266 g/mol. The number of benzene rings is 1. The number of aromatic nitrogens is 3. The molecule has 0 aliphatic carbocycles. The van der Waals surface area contributed by atoms with Crippen LogP contribution >= 0.6 is 11.6 Å². The minimum absolute atomic E-state index is 0.177. The van der Waals surface area contributed by atoms with Crippen LogP contribution < -0.4 is 0 Å². The first-order chi connectivity index (χ1) is 8.61. The maximum Gasteiger partial charge on any atom is 0.360 e. The van der Waals surface area contributed by atoms with E-state index in [0.717, 1.165) is 11.3 Å². The molecule has 0 aliphatic rings. The molecule has 0 fully saturated rings. The molecule has 0 unspecified atom stereocenters. The summed E-state index contributed by atoms with van der Waals surface area (Å²) in [6.45, 7) is 3.97. The van der Waals surface area contributed by atoms with E-state index < -0.39 is 5.97 Å². The van der Waals surface area contributed by atoms with E-state index in [-0.39, 0.29) is 5.69 Å². The van der Waals surface area contributed by atoms with Crippen LogP contribution in [0, 0.1) is 6.92 Å². The fraction of sp³-hybridized carbons (Fsp3) is 0.250. The Kier molecular flexibility index (Phi) is 3.62. The predicted octanol–water partition coefficient (Wildman–Crippen LogP) is 2.41. The van der Waals surface area contributed by atoms with Gasteiger partial charge in [-0.2, -0.15) is 0 Å². The molecule has 0 saturated carbocycles. The Hall–Kier alpha value is -1.88. The van der Waals surface area contributed by atoms with Gasteiger partial charge in [-0.1, -0.05) is 22.9 Å². The summed E-state index contributed by atoms with van der Waals surface area (Å²) in [7, 11) is 0. The number of hydrogen-bond donors (Lipinski definition) is 0. The molecule has 6 heteroatoms. The van der Waals surface area contributed by atoms with E-state index in [1.807, 2.05) is 13.0 Å². The van der Waals surface area contributed by atoms with Gasteiger partial charge in [0.2, 0.25) is 0 Å². The van der Waals surface area contributed by atoms with Crippen molar-refractivity contribution >= 4 is 17.6 Å². The van der Waals surface area contributed by atoms with Crippen LogP contribution in [-0.2, 0) is 4.74 Å². The van der Waals surface area contributed by atoms with Crippen LogP contribution in [0.5, 0.6) is 0 Å². The summed E-state index contributed by atoms with van der Waals surface area (Å²) in [6, 6.07) is 5.44. The molecule has 0 radical (unpaired) electrons. The highest BCUT2D eigenvalue weighted by atomic mass is 35.5. The zero-order valence-electron chi connectivity index (χ0n) is 10.1. The maximum atomic E-state index is 11.5. The number of carbonyl (C=O) groups excluding carboxylic acids is 1. The molecule has 2 rings (SSSR count). The number of ether oxygens (including phenoxy) is 1. The SMILES string of the molecule is CCOC(=O)c1cn(-c2cc(Cl)ccc2C)nn1. The van der Waals surface area contributed by atoms with Gasteiger partial charge in [0.15, 0.2) is 5.69 Å². The first-order valence-corrected chi connectivity index (χ1v) is 5.85. The van der Waals surface area contributed by atoms with Gasteiger partial charge in [-0.05, 0) is 31.5 Å². The molecule has 0 amide bonds. The Balaban J connectivity index is 2.35. The van der Waals surface area contributed by atoms with Crippen molar-refractivity contribution in [2.45, 2.75) is 13.8 Å². The second kappa shape index (κ2) is 5.18. The zero-order valence-corrected chi connectivity index (χ0v) is 10.8. The van der Waals surface area contributed by atoms with Gasteiger partial charge in [0.25, 0.3) is 0 Å². The van der Waals surface area contributed by atoms with Crippen LogP contribution in [0.25, 0.3) is 5.69 Å². The number of aryl methyl sites for hydroxylation is 1. The van der Waals surface area contributed by atoms with Crippen LogP contribution in [0.3, 0.4) is 0 Å². The Labute approximate surface area is 109 Å². The van der Waals surface area contributed by atoms with Crippen molar-refractivity contribution in [3.8, 4) is 5.69 Å². The lowest BCUT2D eigenvalue weighted by molar-refractivity contribution is 0.0519. The van der Waals surface area contributed by atoms with E-state index in [0.29, 0.717) is 11.6 Å². The molecular formula is C12H12ClN3O2. The van der Waals surface area contributed by atoms with Crippen molar-refractivity contribution in [3.63, 3.8) is 0 Å². The van der Waals surface area contributed by atoms with E-state index >= 15 is 0 Å². The van der Waals surface area contributed by atoms with Crippen LogP contribution in [0.4, 0.5) is 0 Å². The van der Waals surface area contributed by atoms with Gasteiger partial charge in [0.05, 0.1) is 18.5 Å². The van der Waals surface area contributed by atoms with Crippen LogP contribution in [-0.4, -0.2) is 27.6 Å². The lowest BCUT2D eigenvalue weighted by Crippen LogP contribution is -2.04. The van der Waals surface area contributed by atoms with Crippen LogP contribution in [0.15, 0.2) is 24.4 Å². The fourth-order valence-corrected chi connectivity index (χ4v) is 1.68. The molecule has 94 valence electrons. The summed E-state index contributed by atoms with van der Waals surface area (Å²) >= 11 is 5.93. The quantitative estimate of drug-likeness (QED) is 0.800. The van der Waals surface area contributed by atoms with Gasteiger partial charge in [-0.3, -0.25) is 0 Å². The minimum atomic E-state index is -0.483. The van der Waals surface area contributed by atoms with Crippen molar-refractivity contribution in [1.29, 1.82) is 0 Å². The standard InChI is InChI=1S/C12H12ClN3O2/c1-3-18-12(17)10-7-16(15-14-10)11-6-9(13)5-4-8(11)2/h4-7H,3H2,1-2H3. The first-order valence-electron chi connectivity index (χ1n) is 5.48. The molecule has 18 heavy (non-hydrogen) atoms. The summed E-state index contributed by atoms with van der Waals surface area (Å²) in [4.78, 5) is 11.5. The number of esters is 1. The molecule has 5 nitrogen and oxygen atoms in total. The summed E-state index contributed by atoms with van der Waals surface area (Å²) in [5.41, 5.74) is 1.95. The zero-order chi connectivity index (χ0) is 13.1. The largest absolute Gasteiger partial charge is 0.461 e. The smallest absolute Gasteiger partial charge is 0.360 e. The predicted molar refractivity (Wildman–Crippen MR) is 67.1 cm³/mol. The normalized spacial score (nSPS) is 10.4. The van der Waals surface area contributed by atoms with Crippen molar-refractivity contribution in [2.75, 3.05) is 6.61 Å². The molecule has 1 aromatic carbocycles. The third kappa shape index (κ3) is 2.51. The summed E-state index contributed by atoms with van der Waals surface area (Å²) in [6.07, 6.45) is 1.52. The lowest BCUT2D eigenvalue weighted by atomic mass is 10.2. The number of hydrogen-bond acceptors (Lipinski definition) is 4. The second-order valence-corrected chi connectivity index (χ2v) is 4.14. The molecule has 0 aliphatic heterocycles. The number of nitrogens with zero attached hydrogens (tertiary/aromatic N) is 3. The van der Waals surface area contributed by atoms with E-state index in [4.69, 9.17) is 16.3 Å². The topological polar surface area (TPSA) is 57.0 Å². The Morgan fingerprint density at radius 1 is 1.50 bits per heavy atom. The van der Waals surface area contributed by atoms with Gasteiger partial charge in [-0.25, -0.2) is 9.48 Å². The van der Waals surface area contributed by atoms with Gasteiger partial charge < -0.3 is 4.74 Å². The highest BCUT2D eigenvalue weighted by molar-refractivity contribution is 6.30. The van der Waals surface area contributed by atoms with E-state index in [2.05, 4.69) is 10.3 Å². The minimum Gasteiger partial charge on any atom is -0.461 e. The second-order valence-electron chi connectivity index (χ2n) is 3.70. The molecular weight excluding hydrogens is 254 g/mol.